The number of hydrogen-bond acceptors (Lipinski definition) is 6. The van der Waals surface area contributed by atoms with E-state index in [0.717, 1.165) is 10.9 Å². The molecule has 0 fully saturated rings. The van der Waals surface area contributed by atoms with E-state index in [1.807, 2.05) is 24.3 Å². The summed E-state index contributed by atoms with van der Waals surface area (Å²) in [6.45, 7) is 0. The normalized spacial score (nSPS) is 11.2. The van der Waals surface area contributed by atoms with Crippen LogP contribution in [0.4, 0.5) is 5.82 Å². The fraction of sp³-hybridized carbons (Fsp3) is 0. The quantitative estimate of drug-likeness (QED) is 0.298. The molecule has 4 rings (SSSR count). The Balaban J connectivity index is 1.72. The lowest BCUT2D eigenvalue weighted by Gasteiger charge is -2.09. The predicted molar refractivity (Wildman–Crippen MR) is 116 cm³/mol. The Morgan fingerprint density at radius 1 is 0.897 bits per heavy atom. The van der Waals surface area contributed by atoms with Gasteiger partial charge in [-0.2, -0.15) is 5.10 Å². The average molecular weight is 425 g/mol. The van der Waals surface area contributed by atoms with Gasteiger partial charge in [0, 0.05) is 22.6 Å². The molecular weight excluding hydrogens is 411 g/mol. The number of aromatic nitrogens is 2. The molecule has 0 unspecified atom stereocenters. The molecule has 29 heavy (non-hydrogen) atoms. The maximum Gasteiger partial charge on any atom is 0.162 e. The molecule has 0 saturated carbocycles. The fourth-order valence-electron chi connectivity index (χ4n) is 2.73. The highest BCUT2D eigenvalue weighted by Crippen LogP contribution is 2.29. The van der Waals surface area contributed by atoms with E-state index in [1.54, 1.807) is 24.3 Å². The van der Waals surface area contributed by atoms with E-state index in [4.69, 9.17) is 23.2 Å². The van der Waals surface area contributed by atoms with E-state index < -0.39 is 0 Å². The zero-order valence-electron chi connectivity index (χ0n) is 14.8. The Hall–Kier alpha value is -3.35. The van der Waals surface area contributed by atoms with E-state index in [-0.39, 0.29) is 11.5 Å². The third-order valence-electron chi connectivity index (χ3n) is 4.17. The smallest absolute Gasteiger partial charge is 0.162 e. The van der Waals surface area contributed by atoms with E-state index in [0.29, 0.717) is 32.8 Å². The topological polar surface area (TPSA) is 90.6 Å². The first-order chi connectivity index (χ1) is 14.0. The first-order valence-corrected chi connectivity index (χ1v) is 9.30. The van der Waals surface area contributed by atoms with Crippen molar-refractivity contribution in [3.8, 4) is 22.9 Å². The van der Waals surface area contributed by atoms with Gasteiger partial charge in [0.1, 0.15) is 11.5 Å². The van der Waals surface area contributed by atoms with Crippen molar-refractivity contribution in [3.63, 3.8) is 0 Å². The van der Waals surface area contributed by atoms with Gasteiger partial charge >= 0.3 is 0 Å². The summed E-state index contributed by atoms with van der Waals surface area (Å²) in [7, 11) is 0. The average Bonchev–Trinajstić information content (AvgIpc) is 2.71. The van der Waals surface area contributed by atoms with E-state index >= 15 is 0 Å². The van der Waals surface area contributed by atoms with Crippen molar-refractivity contribution < 1.29 is 10.2 Å². The molecule has 8 heteroatoms. The Morgan fingerprint density at radius 3 is 2.52 bits per heavy atom. The van der Waals surface area contributed by atoms with Crippen LogP contribution in [0.2, 0.25) is 10.0 Å². The fourth-order valence-corrected chi connectivity index (χ4v) is 3.03. The highest BCUT2D eigenvalue weighted by atomic mass is 35.5. The van der Waals surface area contributed by atoms with Crippen molar-refractivity contribution in [2.75, 3.05) is 5.43 Å². The van der Waals surface area contributed by atoms with Crippen molar-refractivity contribution in [1.29, 1.82) is 0 Å². The van der Waals surface area contributed by atoms with Crippen LogP contribution in [0.15, 0.2) is 65.8 Å². The molecule has 0 spiro atoms. The van der Waals surface area contributed by atoms with Crippen LogP contribution in [0.1, 0.15) is 5.56 Å². The number of aromatic hydroxyl groups is 2. The number of benzene rings is 3. The van der Waals surface area contributed by atoms with Crippen LogP contribution in [0.3, 0.4) is 0 Å². The summed E-state index contributed by atoms with van der Waals surface area (Å²) >= 11 is 12.1. The summed E-state index contributed by atoms with van der Waals surface area (Å²) in [5.41, 5.74) is 4.79. The van der Waals surface area contributed by atoms with Gasteiger partial charge in [0.05, 0.1) is 21.8 Å². The lowest BCUT2D eigenvalue weighted by Crippen LogP contribution is -1.99. The van der Waals surface area contributed by atoms with Gasteiger partial charge in [0.25, 0.3) is 0 Å². The number of hydrogen-bond donors (Lipinski definition) is 3. The zero-order valence-corrected chi connectivity index (χ0v) is 16.4. The van der Waals surface area contributed by atoms with Gasteiger partial charge in [-0.1, -0.05) is 35.3 Å². The first-order valence-electron chi connectivity index (χ1n) is 8.54. The highest BCUT2D eigenvalue weighted by molar-refractivity contribution is 6.42. The van der Waals surface area contributed by atoms with E-state index in [9.17, 15) is 10.2 Å². The van der Waals surface area contributed by atoms with E-state index in [2.05, 4.69) is 20.5 Å². The summed E-state index contributed by atoms with van der Waals surface area (Å²) in [4.78, 5) is 9.16. The second-order valence-electron chi connectivity index (χ2n) is 6.15. The summed E-state index contributed by atoms with van der Waals surface area (Å²) in [5, 5.41) is 25.1. The minimum absolute atomic E-state index is 0.0272. The third-order valence-corrected chi connectivity index (χ3v) is 4.91. The Bertz CT molecular complexity index is 1240. The Kier molecular flexibility index (Phi) is 5.20. The van der Waals surface area contributed by atoms with Gasteiger partial charge < -0.3 is 10.2 Å². The molecule has 0 aliphatic heterocycles. The molecule has 0 aliphatic carbocycles. The number of phenols is 2. The number of anilines is 1. The predicted octanol–water partition coefficient (Wildman–Crippen LogP) is 5.46. The number of hydrazone groups is 1. The van der Waals surface area contributed by atoms with Crippen molar-refractivity contribution in [2.24, 2.45) is 5.10 Å². The molecule has 3 aromatic carbocycles. The maximum absolute atomic E-state index is 9.87. The molecule has 6 nitrogen and oxygen atoms in total. The molecule has 0 radical (unpaired) electrons. The van der Waals surface area contributed by atoms with Crippen LogP contribution < -0.4 is 5.43 Å². The molecule has 0 atom stereocenters. The minimum atomic E-state index is -0.0837. The number of halogens is 2. The Morgan fingerprint density at radius 2 is 1.72 bits per heavy atom. The van der Waals surface area contributed by atoms with Crippen LogP contribution >= 0.6 is 23.2 Å². The molecule has 3 N–H and O–H groups in total. The molecule has 4 aromatic rings. The SMILES string of the molecule is Oc1ccc(/C=N\Nc2nc(-c3ccc(Cl)c(Cl)c3)nc3ccccc23)c(O)c1. The van der Waals surface area contributed by atoms with Crippen LogP contribution in [0.25, 0.3) is 22.3 Å². The summed E-state index contributed by atoms with van der Waals surface area (Å²) < 4.78 is 0. The zero-order chi connectivity index (χ0) is 20.4. The van der Waals surface area contributed by atoms with Crippen molar-refractivity contribution in [3.05, 3.63) is 76.3 Å². The molecule has 1 heterocycles. The maximum atomic E-state index is 9.87. The molecule has 0 bridgehead atoms. The first kappa shape index (κ1) is 19.0. The van der Waals surface area contributed by atoms with Gasteiger partial charge in [0.2, 0.25) is 0 Å². The lowest BCUT2D eigenvalue weighted by atomic mass is 10.2. The van der Waals surface area contributed by atoms with Crippen LogP contribution in [-0.4, -0.2) is 26.4 Å². The molecule has 144 valence electrons. The monoisotopic (exact) mass is 424 g/mol. The third kappa shape index (κ3) is 4.08. The molecular formula is C21H14Cl2N4O2. The van der Waals surface area contributed by atoms with Crippen LogP contribution in [0, 0.1) is 0 Å². The summed E-state index contributed by atoms with van der Waals surface area (Å²) in [6.07, 6.45) is 1.44. The summed E-state index contributed by atoms with van der Waals surface area (Å²) in [5.74, 6) is 0.846. The molecule has 0 aliphatic rings. The van der Waals surface area contributed by atoms with Crippen molar-refractivity contribution >= 4 is 46.1 Å². The number of fused-ring (bicyclic) bond motifs is 1. The van der Waals surface area contributed by atoms with Crippen LogP contribution in [0.5, 0.6) is 11.5 Å². The Labute approximate surface area is 176 Å². The number of rotatable bonds is 4. The van der Waals surface area contributed by atoms with Crippen molar-refractivity contribution in [1.82, 2.24) is 9.97 Å². The largest absolute Gasteiger partial charge is 0.508 e. The lowest BCUT2D eigenvalue weighted by molar-refractivity contribution is 0.450. The number of nitrogens with zero attached hydrogens (tertiary/aromatic N) is 3. The minimum Gasteiger partial charge on any atom is -0.508 e. The van der Waals surface area contributed by atoms with E-state index in [1.165, 1.54) is 18.3 Å². The van der Waals surface area contributed by atoms with Gasteiger partial charge in [0.15, 0.2) is 11.6 Å². The highest BCUT2D eigenvalue weighted by Gasteiger charge is 2.10. The molecule has 0 amide bonds. The number of para-hydroxylation sites is 1. The van der Waals surface area contributed by atoms with Gasteiger partial charge in [-0.3, -0.25) is 5.43 Å². The molecule has 0 saturated heterocycles. The van der Waals surface area contributed by atoms with Crippen LogP contribution in [-0.2, 0) is 0 Å². The van der Waals surface area contributed by atoms with Gasteiger partial charge in [-0.25, -0.2) is 9.97 Å². The van der Waals surface area contributed by atoms with Gasteiger partial charge in [-0.05, 0) is 42.5 Å². The number of nitrogens with one attached hydrogen (secondary N) is 1. The standard InChI is InChI=1S/C21H14Cl2N4O2/c22-16-8-6-12(9-17(16)23)20-25-18-4-2-1-3-15(18)21(26-20)27-24-11-13-5-7-14(28)10-19(13)29/h1-11,28-29H,(H,25,26,27)/b24-11-. The van der Waals surface area contributed by atoms with Crippen molar-refractivity contribution in [2.45, 2.75) is 0 Å². The number of phenolic OH excluding ortho intramolecular Hbond substituents is 2. The van der Waals surface area contributed by atoms with Gasteiger partial charge in [-0.15, -0.1) is 0 Å². The second-order valence-corrected chi connectivity index (χ2v) is 6.97. The molecule has 1 aromatic heterocycles. The summed E-state index contributed by atoms with van der Waals surface area (Å²) in [6, 6.07) is 17.0. The second kappa shape index (κ2) is 7.95.